The van der Waals surface area contributed by atoms with Gasteiger partial charge in [-0.2, -0.15) is 0 Å². The van der Waals surface area contributed by atoms with Gasteiger partial charge in [0.2, 0.25) is 0 Å². The third-order valence-corrected chi connectivity index (χ3v) is 4.62. The SMILES string of the molecule is CCNC(=NCc1ncc(CC)s1)NCCc1ccc(C)cc1.I. The van der Waals surface area contributed by atoms with Gasteiger partial charge in [0.1, 0.15) is 5.01 Å². The summed E-state index contributed by atoms with van der Waals surface area (Å²) >= 11 is 1.74. The number of aliphatic imine (C=N–C) groups is 1. The molecule has 132 valence electrons. The van der Waals surface area contributed by atoms with Gasteiger partial charge in [-0.1, -0.05) is 36.8 Å². The van der Waals surface area contributed by atoms with Gasteiger partial charge in [-0.15, -0.1) is 35.3 Å². The monoisotopic (exact) mass is 458 g/mol. The van der Waals surface area contributed by atoms with Crippen LogP contribution in [0.3, 0.4) is 0 Å². The van der Waals surface area contributed by atoms with Crippen molar-refractivity contribution in [2.75, 3.05) is 13.1 Å². The maximum Gasteiger partial charge on any atom is 0.191 e. The first-order chi connectivity index (χ1) is 11.2. The highest BCUT2D eigenvalue weighted by Gasteiger charge is 2.02. The molecule has 0 spiro atoms. The van der Waals surface area contributed by atoms with Crippen LogP contribution in [0.1, 0.15) is 34.9 Å². The summed E-state index contributed by atoms with van der Waals surface area (Å²) < 4.78 is 0. The summed E-state index contributed by atoms with van der Waals surface area (Å²) in [5.74, 6) is 0.855. The molecule has 6 heteroatoms. The van der Waals surface area contributed by atoms with Crippen LogP contribution in [0, 0.1) is 6.92 Å². The lowest BCUT2D eigenvalue weighted by atomic mass is 10.1. The molecular formula is C18H27IN4S. The summed E-state index contributed by atoms with van der Waals surface area (Å²) in [6.45, 7) is 8.69. The maximum atomic E-state index is 4.62. The predicted octanol–water partition coefficient (Wildman–Crippen LogP) is 3.93. The average molecular weight is 458 g/mol. The largest absolute Gasteiger partial charge is 0.357 e. The van der Waals surface area contributed by atoms with Crippen LogP contribution < -0.4 is 10.6 Å². The van der Waals surface area contributed by atoms with Crippen LogP contribution in [-0.4, -0.2) is 24.0 Å². The van der Waals surface area contributed by atoms with E-state index < -0.39 is 0 Å². The number of aromatic nitrogens is 1. The first kappa shape index (κ1) is 20.9. The number of thiazole rings is 1. The second kappa shape index (κ2) is 11.4. The number of halogens is 1. The van der Waals surface area contributed by atoms with Crippen molar-refractivity contribution in [2.45, 2.75) is 40.2 Å². The molecule has 0 saturated carbocycles. The number of nitrogens with one attached hydrogen (secondary N) is 2. The molecule has 0 unspecified atom stereocenters. The molecule has 0 fully saturated rings. The van der Waals surface area contributed by atoms with Gasteiger partial charge in [0, 0.05) is 24.2 Å². The second-order valence-corrected chi connectivity index (χ2v) is 6.63. The Bertz CT molecular complexity index is 622. The Labute approximate surface area is 166 Å². The first-order valence-electron chi connectivity index (χ1n) is 8.22. The van der Waals surface area contributed by atoms with E-state index in [4.69, 9.17) is 0 Å². The van der Waals surface area contributed by atoms with Crippen molar-refractivity contribution in [3.05, 3.63) is 51.5 Å². The number of nitrogens with zero attached hydrogens (tertiary/aromatic N) is 2. The van der Waals surface area contributed by atoms with Gasteiger partial charge in [0.25, 0.3) is 0 Å². The van der Waals surface area contributed by atoms with E-state index in [1.54, 1.807) is 11.3 Å². The highest BCUT2D eigenvalue weighted by atomic mass is 127. The Hall–Kier alpha value is -1.15. The van der Waals surface area contributed by atoms with Crippen molar-refractivity contribution >= 4 is 41.3 Å². The molecule has 1 aromatic heterocycles. The predicted molar refractivity (Wildman–Crippen MR) is 115 cm³/mol. The van der Waals surface area contributed by atoms with Crippen molar-refractivity contribution in [1.82, 2.24) is 15.6 Å². The summed E-state index contributed by atoms with van der Waals surface area (Å²) in [5.41, 5.74) is 2.64. The van der Waals surface area contributed by atoms with Crippen LogP contribution >= 0.6 is 35.3 Å². The fourth-order valence-electron chi connectivity index (χ4n) is 2.15. The van der Waals surface area contributed by atoms with Gasteiger partial charge >= 0.3 is 0 Å². The lowest BCUT2D eigenvalue weighted by Crippen LogP contribution is -2.38. The summed E-state index contributed by atoms with van der Waals surface area (Å²) in [6, 6.07) is 8.68. The fraction of sp³-hybridized carbons (Fsp3) is 0.444. The van der Waals surface area contributed by atoms with E-state index in [9.17, 15) is 0 Å². The summed E-state index contributed by atoms with van der Waals surface area (Å²) in [4.78, 5) is 10.3. The second-order valence-electron chi connectivity index (χ2n) is 5.43. The number of aryl methyl sites for hydroxylation is 2. The van der Waals surface area contributed by atoms with Gasteiger partial charge in [0.05, 0.1) is 6.54 Å². The number of benzene rings is 1. The van der Waals surface area contributed by atoms with E-state index in [2.05, 4.69) is 65.6 Å². The van der Waals surface area contributed by atoms with E-state index in [1.165, 1.54) is 16.0 Å². The number of guanidine groups is 1. The van der Waals surface area contributed by atoms with E-state index in [0.29, 0.717) is 6.54 Å². The Morgan fingerprint density at radius 3 is 2.54 bits per heavy atom. The van der Waals surface area contributed by atoms with Crippen LogP contribution in [-0.2, 0) is 19.4 Å². The quantitative estimate of drug-likeness (QED) is 0.376. The maximum absolute atomic E-state index is 4.62. The minimum atomic E-state index is 0. The van der Waals surface area contributed by atoms with Crippen molar-refractivity contribution < 1.29 is 0 Å². The average Bonchev–Trinajstić information content (AvgIpc) is 3.02. The van der Waals surface area contributed by atoms with E-state index in [0.717, 1.165) is 36.9 Å². The Balaban J connectivity index is 0.00000288. The normalized spacial score (nSPS) is 11.0. The minimum absolute atomic E-state index is 0. The van der Waals surface area contributed by atoms with E-state index in [1.807, 2.05) is 6.20 Å². The highest BCUT2D eigenvalue weighted by molar-refractivity contribution is 14.0. The van der Waals surface area contributed by atoms with Gasteiger partial charge in [0.15, 0.2) is 5.96 Å². The van der Waals surface area contributed by atoms with Gasteiger partial charge < -0.3 is 10.6 Å². The molecule has 2 rings (SSSR count). The molecule has 0 aliphatic carbocycles. The molecule has 0 radical (unpaired) electrons. The third-order valence-electron chi connectivity index (χ3n) is 3.49. The molecule has 1 aromatic carbocycles. The van der Waals surface area contributed by atoms with Crippen LogP contribution in [0.5, 0.6) is 0 Å². The van der Waals surface area contributed by atoms with Gasteiger partial charge in [-0.25, -0.2) is 9.98 Å². The summed E-state index contributed by atoms with van der Waals surface area (Å²) in [7, 11) is 0. The van der Waals surface area contributed by atoms with E-state index >= 15 is 0 Å². The molecule has 24 heavy (non-hydrogen) atoms. The molecule has 0 aliphatic heterocycles. The van der Waals surface area contributed by atoms with Crippen LogP contribution in [0.25, 0.3) is 0 Å². The molecule has 0 atom stereocenters. The summed E-state index contributed by atoms with van der Waals surface area (Å²) in [5, 5.41) is 7.74. The van der Waals surface area contributed by atoms with Crippen molar-refractivity contribution in [3.8, 4) is 0 Å². The zero-order valence-electron chi connectivity index (χ0n) is 14.6. The molecule has 1 heterocycles. The molecule has 0 saturated heterocycles. The topological polar surface area (TPSA) is 49.3 Å². The van der Waals surface area contributed by atoms with E-state index in [-0.39, 0.29) is 24.0 Å². The molecule has 0 amide bonds. The zero-order valence-corrected chi connectivity index (χ0v) is 17.8. The van der Waals surface area contributed by atoms with Gasteiger partial charge in [-0.05, 0) is 32.3 Å². The van der Waals surface area contributed by atoms with Crippen LogP contribution in [0.4, 0.5) is 0 Å². The number of hydrogen-bond donors (Lipinski definition) is 2. The number of rotatable bonds is 7. The number of hydrogen-bond acceptors (Lipinski definition) is 3. The Morgan fingerprint density at radius 1 is 1.17 bits per heavy atom. The van der Waals surface area contributed by atoms with Crippen molar-refractivity contribution in [1.29, 1.82) is 0 Å². The minimum Gasteiger partial charge on any atom is -0.357 e. The standard InChI is InChI=1S/C18H26N4S.HI/c1-4-16-12-21-17(23-16)13-22-18(19-5-2)20-11-10-15-8-6-14(3)7-9-15;/h6-9,12H,4-5,10-11,13H2,1-3H3,(H2,19,20,22);1H. The molecule has 2 aromatic rings. The first-order valence-corrected chi connectivity index (χ1v) is 9.04. The van der Waals surface area contributed by atoms with Crippen LogP contribution in [0.2, 0.25) is 0 Å². The van der Waals surface area contributed by atoms with Crippen molar-refractivity contribution in [3.63, 3.8) is 0 Å². The molecular weight excluding hydrogens is 431 g/mol. The fourth-order valence-corrected chi connectivity index (χ4v) is 2.94. The van der Waals surface area contributed by atoms with Gasteiger partial charge in [-0.3, -0.25) is 0 Å². The summed E-state index contributed by atoms with van der Waals surface area (Å²) in [6.07, 6.45) is 3.98. The highest BCUT2D eigenvalue weighted by Crippen LogP contribution is 2.13. The lowest BCUT2D eigenvalue weighted by molar-refractivity contribution is 0.799. The Morgan fingerprint density at radius 2 is 1.92 bits per heavy atom. The Kier molecular flexibility index (Phi) is 9.94. The molecule has 0 aliphatic rings. The molecule has 0 bridgehead atoms. The zero-order chi connectivity index (χ0) is 16.5. The van der Waals surface area contributed by atoms with Crippen LogP contribution in [0.15, 0.2) is 35.5 Å². The van der Waals surface area contributed by atoms with Crippen molar-refractivity contribution in [2.24, 2.45) is 4.99 Å². The smallest absolute Gasteiger partial charge is 0.191 e. The molecule has 2 N–H and O–H groups in total. The third kappa shape index (κ3) is 7.17. The lowest BCUT2D eigenvalue weighted by Gasteiger charge is -2.11. The molecule has 4 nitrogen and oxygen atoms in total.